The van der Waals surface area contributed by atoms with E-state index in [4.69, 9.17) is 9.47 Å². The minimum Gasteiger partial charge on any atom is -0.457 e. The van der Waals surface area contributed by atoms with Crippen LogP contribution in [0.1, 0.15) is 35.8 Å². The van der Waals surface area contributed by atoms with Crippen LogP contribution in [0.3, 0.4) is 0 Å². The molecule has 0 heterocycles. The lowest BCUT2D eigenvalue weighted by Crippen LogP contribution is -2.36. The van der Waals surface area contributed by atoms with Gasteiger partial charge in [0.2, 0.25) is 5.91 Å². The molecule has 0 aromatic heterocycles. The van der Waals surface area contributed by atoms with E-state index in [-0.39, 0.29) is 11.9 Å². The summed E-state index contributed by atoms with van der Waals surface area (Å²) in [6, 6.07) is 16.7. The van der Waals surface area contributed by atoms with Gasteiger partial charge in [0.1, 0.15) is 6.10 Å². The summed E-state index contributed by atoms with van der Waals surface area (Å²) in [6.07, 6.45) is -0.670. The highest BCUT2D eigenvalue weighted by atomic mass is 16.6. The van der Waals surface area contributed by atoms with Crippen LogP contribution in [0.4, 0.5) is 0 Å². The Morgan fingerprint density at radius 2 is 1.76 bits per heavy atom. The van der Waals surface area contributed by atoms with Gasteiger partial charge in [0.25, 0.3) is 0 Å². The summed E-state index contributed by atoms with van der Waals surface area (Å²) < 4.78 is 11.1. The summed E-state index contributed by atoms with van der Waals surface area (Å²) in [7, 11) is 1.48. The zero-order chi connectivity index (χ0) is 17.8. The molecule has 0 radical (unpaired) electrons. The van der Waals surface area contributed by atoms with Gasteiger partial charge in [0.15, 0.2) is 6.10 Å². The fourth-order valence-electron chi connectivity index (χ4n) is 3.26. The normalized spacial score (nSPS) is 19.8. The number of hydrogen-bond donors (Lipinski definition) is 1. The first-order chi connectivity index (χ1) is 12.1. The molecule has 1 amide bonds. The third-order valence-corrected chi connectivity index (χ3v) is 4.36. The zero-order valence-corrected chi connectivity index (χ0v) is 14.3. The third kappa shape index (κ3) is 3.72. The Kier molecular flexibility index (Phi) is 5.14. The van der Waals surface area contributed by atoms with Gasteiger partial charge in [-0.15, -0.1) is 0 Å². The number of rotatable bonds is 5. The van der Waals surface area contributed by atoms with Crippen molar-refractivity contribution >= 4 is 11.9 Å². The second-order valence-corrected chi connectivity index (χ2v) is 6.08. The maximum atomic E-state index is 12.7. The van der Waals surface area contributed by atoms with Crippen LogP contribution in [0, 0.1) is 0 Å². The Morgan fingerprint density at radius 1 is 1.08 bits per heavy atom. The lowest BCUT2D eigenvalue weighted by molar-refractivity contribution is -0.163. The van der Waals surface area contributed by atoms with E-state index in [9.17, 15) is 9.59 Å². The molecule has 5 heteroatoms. The summed E-state index contributed by atoms with van der Waals surface area (Å²) in [6.45, 7) is 1.46. The van der Waals surface area contributed by atoms with E-state index in [1.165, 1.54) is 14.0 Å². The maximum Gasteiger partial charge on any atom is 0.340 e. The number of ether oxygens (including phenoxy) is 2. The summed E-state index contributed by atoms with van der Waals surface area (Å²) in [5.41, 5.74) is 2.80. The van der Waals surface area contributed by atoms with Gasteiger partial charge >= 0.3 is 5.97 Å². The summed E-state index contributed by atoms with van der Waals surface area (Å²) in [5, 5.41) is 2.89. The first-order valence-corrected chi connectivity index (χ1v) is 8.23. The first-order valence-electron chi connectivity index (χ1n) is 8.23. The van der Waals surface area contributed by atoms with Crippen molar-refractivity contribution in [2.45, 2.75) is 31.6 Å². The van der Waals surface area contributed by atoms with Crippen molar-refractivity contribution in [1.82, 2.24) is 5.32 Å². The minimum atomic E-state index is -0.789. The topological polar surface area (TPSA) is 64.6 Å². The summed E-state index contributed by atoms with van der Waals surface area (Å²) >= 11 is 0. The van der Waals surface area contributed by atoms with Gasteiger partial charge in [-0.05, 0) is 16.7 Å². The number of hydrogen-bond acceptors (Lipinski definition) is 4. The highest BCUT2D eigenvalue weighted by Crippen LogP contribution is 2.34. The van der Waals surface area contributed by atoms with Gasteiger partial charge in [-0.25, -0.2) is 4.79 Å². The molecule has 1 aliphatic rings. The lowest BCUT2D eigenvalue weighted by atomic mass is 10.1. The van der Waals surface area contributed by atoms with Gasteiger partial charge in [-0.3, -0.25) is 4.79 Å². The molecule has 0 saturated heterocycles. The van der Waals surface area contributed by atoms with Crippen molar-refractivity contribution < 1.29 is 19.1 Å². The van der Waals surface area contributed by atoms with E-state index >= 15 is 0 Å². The molecule has 0 fully saturated rings. The summed E-state index contributed by atoms with van der Waals surface area (Å²) in [5.74, 6) is -0.615. The van der Waals surface area contributed by atoms with Crippen LogP contribution in [-0.4, -0.2) is 25.1 Å². The molecule has 0 aliphatic heterocycles. The standard InChI is InChI=1S/C20H21NO4/c1-13(22)21-18-16-11-7-6-10-15(16)12-17(18)25-20(23)19(24-2)14-8-4-3-5-9-14/h3-11,17-19H,12H2,1-2H3,(H,21,22)/t17-,18+,19-/m0/s1. The van der Waals surface area contributed by atoms with Crippen molar-refractivity contribution in [1.29, 1.82) is 0 Å². The smallest absolute Gasteiger partial charge is 0.340 e. The second-order valence-electron chi connectivity index (χ2n) is 6.08. The number of esters is 1. The van der Waals surface area contributed by atoms with E-state index < -0.39 is 18.2 Å². The molecule has 2 aromatic carbocycles. The number of nitrogens with one attached hydrogen (secondary N) is 1. The molecule has 1 N–H and O–H groups in total. The molecule has 0 saturated carbocycles. The van der Waals surface area contributed by atoms with Crippen molar-refractivity contribution in [2.24, 2.45) is 0 Å². The van der Waals surface area contributed by atoms with Crippen LogP contribution in [0.2, 0.25) is 0 Å². The minimum absolute atomic E-state index is 0.158. The van der Waals surface area contributed by atoms with Crippen LogP contribution in [-0.2, 0) is 25.5 Å². The number of carbonyl (C=O) groups excluding carboxylic acids is 2. The first kappa shape index (κ1) is 17.2. The van der Waals surface area contributed by atoms with Crippen LogP contribution in [0.15, 0.2) is 54.6 Å². The molecular formula is C20H21NO4. The number of fused-ring (bicyclic) bond motifs is 1. The van der Waals surface area contributed by atoms with Crippen molar-refractivity contribution in [3.63, 3.8) is 0 Å². The average Bonchev–Trinajstić information content (AvgIpc) is 2.93. The van der Waals surface area contributed by atoms with Crippen LogP contribution >= 0.6 is 0 Å². The quantitative estimate of drug-likeness (QED) is 0.851. The van der Waals surface area contributed by atoms with Crippen LogP contribution in [0.5, 0.6) is 0 Å². The van der Waals surface area contributed by atoms with Gasteiger partial charge < -0.3 is 14.8 Å². The molecule has 1 aliphatic carbocycles. The number of amides is 1. The SMILES string of the molecule is CO[C@H](C(=O)O[C@H]1Cc2ccccc2[C@H]1NC(C)=O)c1ccccc1. The zero-order valence-electron chi connectivity index (χ0n) is 14.3. The average molecular weight is 339 g/mol. The molecule has 3 rings (SSSR count). The molecule has 25 heavy (non-hydrogen) atoms. The number of benzene rings is 2. The lowest BCUT2D eigenvalue weighted by Gasteiger charge is -2.24. The van der Waals surface area contributed by atoms with Crippen LogP contribution in [0.25, 0.3) is 0 Å². The molecule has 2 aromatic rings. The molecule has 3 atom stereocenters. The van der Waals surface area contributed by atoms with Crippen LogP contribution < -0.4 is 5.32 Å². The predicted octanol–water partition coefficient (Wildman–Crippen LogP) is 2.72. The third-order valence-electron chi connectivity index (χ3n) is 4.36. The fraction of sp³-hybridized carbons (Fsp3) is 0.300. The highest BCUT2D eigenvalue weighted by molar-refractivity contribution is 5.77. The Morgan fingerprint density at radius 3 is 2.44 bits per heavy atom. The Labute approximate surface area is 147 Å². The van der Waals surface area contributed by atoms with Gasteiger partial charge in [-0.1, -0.05) is 54.6 Å². The Hall–Kier alpha value is -2.66. The fourth-order valence-corrected chi connectivity index (χ4v) is 3.26. The van der Waals surface area contributed by atoms with Gasteiger partial charge in [0.05, 0.1) is 6.04 Å². The molecular weight excluding hydrogens is 318 g/mol. The van der Waals surface area contributed by atoms with E-state index in [0.29, 0.717) is 6.42 Å². The van der Waals surface area contributed by atoms with Gasteiger partial charge in [-0.2, -0.15) is 0 Å². The predicted molar refractivity (Wildman–Crippen MR) is 92.8 cm³/mol. The molecule has 0 unspecified atom stereocenters. The van der Waals surface area contributed by atoms with E-state index in [1.807, 2.05) is 54.6 Å². The molecule has 0 bridgehead atoms. The van der Waals surface area contributed by atoms with Crippen molar-refractivity contribution in [3.05, 3.63) is 71.3 Å². The number of carbonyl (C=O) groups is 2. The van der Waals surface area contributed by atoms with E-state index in [0.717, 1.165) is 16.7 Å². The molecule has 5 nitrogen and oxygen atoms in total. The molecule has 130 valence electrons. The second kappa shape index (κ2) is 7.49. The highest BCUT2D eigenvalue weighted by Gasteiger charge is 2.37. The monoisotopic (exact) mass is 339 g/mol. The summed E-state index contributed by atoms with van der Waals surface area (Å²) in [4.78, 5) is 24.2. The Balaban J connectivity index is 1.79. The number of methoxy groups -OCH3 is 1. The largest absolute Gasteiger partial charge is 0.457 e. The maximum absolute atomic E-state index is 12.7. The van der Waals surface area contributed by atoms with Crippen molar-refractivity contribution in [2.75, 3.05) is 7.11 Å². The van der Waals surface area contributed by atoms with E-state index in [1.54, 1.807) is 0 Å². The Bertz CT molecular complexity index is 759. The molecule has 0 spiro atoms. The van der Waals surface area contributed by atoms with E-state index in [2.05, 4.69) is 5.32 Å². The van der Waals surface area contributed by atoms with Gasteiger partial charge in [0, 0.05) is 20.5 Å². The van der Waals surface area contributed by atoms with Crippen molar-refractivity contribution in [3.8, 4) is 0 Å².